The first kappa shape index (κ1) is 22.5. The van der Waals surface area contributed by atoms with Crippen molar-refractivity contribution >= 4 is 20.6 Å². The molecule has 1 atom stereocenters. The van der Waals surface area contributed by atoms with Gasteiger partial charge in [0.2, 0.25) is 9.84 Å². The Balaban J connectivity index is 1.47. The molecule has 0 aliphatic carbocycles. The summed E-state index contributed by atoms with van der Waals surface area (Å²) < 4.78 is 34.6. The van der Waals surface area contributed by atoms with Gasteiger partial charge in [0.1, 0.15) is 6.23 Å². The van der Waals surface area contributed by atoms with Crippen LogP contribution >= 0.6 is 0 Å². The van der Waals surface area contributed by atoms with Crippen molar-refractivity contribution in [1.29, 1.82) is 0 Å². The molecular formula is C24H24N4O5S. The van der Waals surface area contributed by atoms with Crippen molar-refractivity contribution in [3.63, 3.8) is 0 Å². The molecule has 0 saturated carbocycles. The molecule has 1 fully saturated rings. The van der Waals surface area contributed by atoms with E-state index in [1.807, 2.05) is 0 Å². The molecule has 1 saturated heterocycles. The van der Waals surface area contributed by atoms with E-state index in [4.69, 9.17) is 4.74 Å². The monoisotopic (exact) mass is 480 g/mol. The van der Waals surface area contributed by atoms with Gasteiger partial charge in [-0.05, 0) is 49.6 Å². The van der Waals surface area contributed by atoms with Gasteiger partial charge in [0.05, 0.1) is 40.2 Å². The van der Waals surface area contributed by atoms with Crippen molar-refractivity contribution in [2.45, 2.75) is 48.4 Å². The molecule has 1 N–H and O–H groups in total. The molecule has 9 nitrogen and oxygen atoms in total. The Kier molecular flexibility index (Phi) is 6.03. The highest BCUT2D eigenvalue weighted by Gasteiger charge is 2.21. The molecule has 3 heterocycles. The maximum Gasteiger partial charge on any atom is 0.274 e. The van der Waals surface area contributed by atoms with Gasteiger partial charge in [-0.1, -0.05) is 18.2 Å². The van der Waals surface area contributed by atoms with Crippen LogP contribution < -0.4 is 5.56 Å². The summed E-state index contributed by atoms with van der Waals surface area (Å²) in [6.45, 7) is 0.529. The van der Waals surface area contributed by atoms with Crippen LogP contribution in [-0.2, 0) is 27.7 Å². The van der Waals surface area contributed by atoms with Crippen LogP contribution in [0.25, 0.3) is 10.8 Å². The van der Waals surface area contributed by atoms with E-state index >= 15 is 0 Å². The van der Waals surface area contributed by atoms with Crippen LogP contribution in [0.3, 0.4) is 0 Å². The number of aromatic nitrogens is 4. The van der Waals surface area contributed by atoms with E-state index in [2.05, 4.69) is 10.2 Å². The molecule has 1 aliphatic heterocycles. The normalized spacial score (nSPS) is 16.7. The minimum Gasteiger partial charge on any atom is -0.392 e. The highest BCUT2D eigenvalue weighted by molar-refractivity contribution is 7.91. The van der Waals surface area contributed by atoms with Crippen molar-refractivity contribution in [2.24, 2.45) is 0 Å². The average Bonchev–Trinajstić information content (AvgIpc) is 3.29. The Morgan fingerprint density at radius 3 is 2.65 bits per heavy atom. The maximum atomic E-state index is 13.1. The third kappa shape index (κ3) is 4.15. The smallest absolute Gasteiger partial charge is 0.274 e. The quantitative estimate of drug-likeness (QED) is 0.451. The van der Waals surface area contributed by atoms with Crippen LogP contribution in [-0.4, -0.2) is 39.7 Å². The summed E-state index contributed by atoms with van der Waals surface area (Å²) in [4.78, 5) is 13.4. The molecule has 4 aromatic rings. The highest BCUT2D eigenvalue weighted by atomic mass is 32.2. The maximum absolute atomic E-state index is 13.1. The number of rotatable bonds is 6. The molecule has 5 rings (SSSR count). The fourth-order valence-electron chi connectivity index (χ4n) is 4.13. The summed E-state index contributed by atoms with van der Waals surface area (Å²) in [6.07, 6.45) is 5.94. The fraction of sp³-hybridized carbons (Fsp3) is 0.292. The molecule has 2 aromatic heterocycles. The van der Waals surface area contributed by atoms with E-state index in [-0.39, 0.29) is 34.7 Å². The molecule has 0 spiro atoms. The van der Waals surface area contributed by atoms with Gasteiger partial charge in [-0.25, -0.2) is 17.8 Å². The number of fused-ring (bicyclic) bond motifs is 1. The predicted octanol–water partition coefficient (Wildman–Crippen LogP) is 2.67. The topological polar surface area (TPSA) is 116 Å². The zero-order chi connectivity index (χ0) is 23.7. The standard InChI is InChI=1S/C24H24N4O5S/c29-16-18-14-27(23-8-4-5-11-33-23)26-22(18)15-28-24(30)21-10-9-20(12-17(21)13-25-28)34(31,32)19-6-2-1-3-7-19/h1-3,6-7,9-10,12-14,23,29H,4-5,8,11,15-16H2. The summed E-state index contributed by atoms with van der Waals surface area (Å²) >= 11 is 0. The van der Waals surface area contributed by atoms with Crippen LogP contribution in [0.5, 0.6) is 0 Å². The minimum absolute atomic E-state index is 0.0778. The van der Waals surface area contributed by atoms with Crippen molar-refractivity contribution in [3.8, 4) is 0 Å². The van der Waals surface area contributed by atoms with Gasteiger partial charge in [0.25, 0.3) is 5.56 Å². The lowest BCUT2D eigenvalue weighted by atomic mass is 10.2. The Hall–Kier alpha value is -3.34. The van der Waals surface area contributed by atoms with Gasteiger partial charge in [-0.3, -0.25) is 4.79 Å². The Bertz CT molecular complexity index is 1490. The van der Waals surface area contributed by atoms with E-state index in [0.29, 0.717) is 28.6 Å². The molecule has 176 valence electrons. The number of aliphatic hydroxyl groups is 1. The number of hydrogen-bond acceptors (Lipinski definition) is 7. The lowest BCUT2D eigenvalue weighted by Crippen LogP contribution is -2.24. The van der Waals surface area contributed by atoms with Gasteiger partial charge in [0.15, 0.2) is 0 Å². The average molecular weight is 481 g/mol. The summed E-state index contributed by atoms with van der Waals surface area (Å²) in [7, 11) is -3.71. The first-order chi connectivity index (χ1) is 16.5. The van der Waals surface area contributed by atoms with Gasteiger partial charge < -0.3 is 9.84 Å². The SMILES string of the molecule is O=c1c2ccc(S(=O)(=O)c3ccccc3)cc2cnn1Cc1nn(C2CCCCO2)cc1CO. The molecule has 10 heteroatoms. The third-order valence-corrected chi connectivity index (χ3v) is 7.77. The molecule has 1 aliphatic rings. The lowest BCUT2D eigenvalue weighted by Gasteiger charge is -2.22. The van der Waals surface area contributed by atoms with E-state index in [1.54, 1.807) is 29.1 Å². The van der Waals surface area contributed by atoms with Crippen LogP contribution in [0.1, 0.15) is 36.7 Å². The zero-order valence-corrected chi connectivity index (χ0v) is 19.2. The van der Waals surface area contributed by atoms with Crippen LogP contribution in [0.2, 0.25) is 0 Å². The Morgan fingerprint density at radius 2 is 1.91 bits per heavy atom. The van der Waals surface area contributed by atoms with Crippen LogP contribution in [0.4, 0.5) is 0 Å². The number of nitrogens with zero attached hydrogens (tertiary/aromatic N) is 4. The van der Waals surface area contributed by atoms with Crippen molar-refractivity contribution in [1.82, 2.24) is 19.6 Å². The summed E-state index contributed by atoms with van der Waals surface area (Å²) in [5, 5.41) is 19.4. The number of hydrogen-bond donors (Lipinski definition) is 1. The lowest BCUT2D eigenvalue weighted by molar-refractivity contribution is -0.0397. The number of sulfone groups is 1. The first-order valence-corrected chi connectivity index (χ1v) is 12.5. The van der Waals surface area contributed by atoms with Crippen molar-refractivity contribution in [2.75, 3.05) is 6.61 Å². The van der Waals surface area contributed by atoms with E-state index in [1.165, 1.54) is 41.2 Å². The van der Waals surface area contributed by atoms with Gasteiger partial charge in [-0.15, -0.1) is 0 Å². The molecule has 0 amide bonds. The third-order valence-electron chi connectivity index (χ3n) is 6.00. The number of aliphatic hydroxyl groups excluding tert-OH is 1. The van der Waals surface area contributed by atoms with E-state index in [9.17, 15) is 18.3 Å². The number of ether oxygens (including phenoxy) is 1. The molecular weight excluding hydrogens is 456 g/mol. The Labute approximate surface area is 196 Å². The van der Waals surface area contributed by atoms with Crippen LogP contribution in [0, 0.1) is 0 Å². The molecule has 0 bridgehead atoms. The van der Waals surface area contributed by atoms with Crippen molar-refractivity contribution < 1.29 is 18.3 Å². The summed E-state index contributed by atoms with van der Waals surface area (Å²) in [5.41, 5.74) is 0.773. The van der Waals surface area contributed by atoms with Gasteiger partial charge >= 0.3 is 0 Å². The number of benzene rings is 2. The van der Waals surface area contributed by atoms with Crippen molar-refractivity contribution in [3.05, 3.63) is 82.5 Å². The summed E-state index contributed by atoms with van der Waals surface area (Å²) in [6, 6.07) is 12.5. The van der Waals surface area contributed by atoms with Gasteiger partial charge in [-0.2, -0.15) is 10.2 Å². The zero-order valence-electron chi connectivity index (χ0n) is 18.4. The second-order valence-corrected chi connectivity index (χ2v) is 10.2. The molecule has 2 aromatic carbocycles. The van der Waals surface area contributed by atoms with Crippen LogP contribution in [0.15, 0.2) is 75.5 Å². The largest absolute Gasteiger partial charge is 0.392 e. The summed E-state index contributed by atoms with van der Waals surface area (Å²) in [5.74, 6) is 0. The van der Waals surface area contributed by atoms with E-state index < -0.39 is 9.84 Å². The molecule has 34 heavy (non-hydrogen) atoms. The molecule has 0 radical (unpaired) electrons. The molecule has 1 unspecified atom stereocenters. The van der Waals surface area contributed by atoms with Gasteiger partial charge in [0, 0.05) is 23.8 Å². The highest BCUT2D eigenvalue weighted by Crippen LogP contribution is 2.25. The predicted molar refractivity (Wildman–Crippen MR) is 124 cm³/mol. The second-order valence-electron chi connectivity index (χ2n) is 8.23. The first-order valence-electron chi connectivity index (χ1n) is 11.1. The Morgan fingerprint density at radius 1 is 1.09 bits per heavy atom. The van der Waals surface area contributed by atoms with E-state index in [0.717, 1.165) is 19.3 Å². The minimum atomic E-state index is -3.71. The fourth-order valence-corrected chi connectivity index (χ4v) is 5.45. The second kappa shape index (κ2) is 9.13.